The quantitative estimate of drug-likeness (QED) is 0.0422. The van der Waals surface area contributed by atoms with Gasteiger partial charge in [-0.2, -0.15) is 0 Å². The van der Waals surface area contributed by atoms with Crippen LogP contribution in [-0.4, -0.2) is 243 Å². The summed E-state index contributed by atoms with van der Waals surface area (Å²) in [6.45, 7) is 38.4. The number of nitrogens with one attached hydrogen (secondary N) is 7. The van der Waals surface area contributed by atoms with Crippen LogP contribution in [0.15, 0.2) is 0 Å². The van der Waals surface area contributed by atoms with Gasteiger partial charge in [0.25, 0.3) is 0 Å². The molecule has 14 heteroatoms. The maximum atomic E-state index is 6.19. The fourth-order valence-corrected chi connectivity index (χ4v) is 9.25. The molecule has 0 heterocycles. The zero-order valence-corrected chi connectivity index (χ0v) is 41.8. The fraction of sp³-hybridized carbons (Fsp3) is 1.00. The molecule has 0 spiro atoms. The van der Waals surface area contributed by atoms with Gasteiger partial charge in [0.15, 0.2) is 0 Å². The van der Waals surface area contributed by atoms with E-state index in [0.717, 1.165) is 207 Å². The molecule has 14 nitrogen and oxygen atoms in total. The van der Waals surface area contributed by atoms with Crippen LogP contribution in [0.5, 0.6) is 0 Å². The molecule has 0 aromatic carbocycles. The molecule has 0 atom stereocenters. The summed E-state index contributed by atoms with van der Waals surface area (Å²) in [5.74, 6) is 0. The summed E-state index contributed by atoms with van der Waals surface area (Å²) in [5.41, 5.74) is 6.19. The zero-order chi connectivity index (χ0) is 44.4. The summed E-state index contributed by atoms with van der Waals surface area (Å²) in [5, 5.41) is 26.3. The molecule has 0 unspecified atom stereocenters. The number of rotatable bonds is 46. The van der Waals surface area contributed by atoms with Crippen molar-refractivity contribution in [2.24, 2.45) is 5.73 Å². The molecule has 0 amide bonds. The highest BCUT2D eigenvalue weighted by molar-refractivity contribution is 4.82. The van der Waals surface area contributed by atoms with Crippen LogP contribution in [0.2, 0.25) is 0 Å². The average molecular weight is 891 g/mol. The Balaban J connectivity index is 1.17. The Morgan fingerprint density at radius 3 is 1.11 bits per heavy atom. The Bertz CT molecular complexity index is 1030. The van der Waals surface area contributed by atoms with Crippen molar-refractivity contribution < 1.29 is 0 Å². The van der Waals surface area contributed by atoms with Gasteiger partial charge in [0.2, 0.25) is 0 Å². The van der Waals surface area contributed by atoms with E-state index in [1.54, 1.807) is 0 Å². The first kappa shape index (κ1) is 55.0. The SMILES string of the molecule is CCCNCCN(CCNCCN(CCNCCN(CCN)CCN(CCNC1CCC1)CCN(CC)CCNC1CCC1)CCN(CC)CCNCCNC1CCC1)C1CCC1. The van der Waals surface area contributed by atoms with Gasteiger partial charge in [0, 0.05) is 194 Å². The van der Waals surface area contributed by atoms with Gasteiger partial charge in [-0.3, -0.25) is 19.6 Å². The van der Waals surface area contributed by atoms with E-state index >= 15 is 0 Å². The number of hydrogen-bond acceptors (Lipinski definition) is 14. The van der Waals surface area contributed by atoms with E-state index in [9.17, 15) is 0 Å². The predicted molar refractivity (Wildman–Crippen MR) is 271 cm³/mol. The summed E-state index contributed by atoms with van der Waals surface area (Å²) >= 11 is 0. The van der Waals surface area contributed by atoms with Crippen molar-refractivity contribution >= 4 is 0 Å². The molecular weight excluding hydrogens is 785 g/mol. The maximum Gasteiger partial charge on any atom is 0.0110 e. The van der Waals surface area contributed by atoms with Gasteiger partial charge in [-0.15, -0.1) is 0 Å². The Kier molecular flexibility index (Phi) is 31.9. The first-order chi connectivity index (χ1) is 31.1. The van der Waals surface area contributed by atoms with Crippen LogP contribution < -0.4 is 43.0 Å². The lowest BCUT2D eigenvalue weighted by Gasteiger charge is -2.37. The molecule has 0 aromatic heterocycles. The third-order valence-corrected chi connectivity index (χ3v) is 14.9. The standard InChI is InChI=1S/C49H106N14/c1-4-20-51-27-38-63(49-17-10-18-49)39-28-54-26-35-61(42-40-58(5-2)32-23-52-21-22-55-46-11-7-12-46)34-25-53-24-33-60(31-19-50)44-45-62(37-30-57-48-15-9-16-48)43-41-59(6-3)36-29-56-47-13-8-14-47/h46-49,51-57H,4-45,50H2,1-3H3. The average Bonchev–Trinajstić information content (AvgIpc) is 3.22. The molecule has 4 aliphatic rings. The highest BCUT2D eigenvalue weighted by Crippen LogP contribution is 2.24. The van der Waals surface area contributed by atoms with Gasteiger partial charge in [-0.25, -0.2) is 0 Å². The van der Waals surface area contributed by atoms with E-state index in [4.69, 9.17) is 5.73 Å². The Hall–Kier alpha value is -0.560. The molecule has 0 bridgehead atoms. The highest BCUT2D eigenvalue weighted by Gasteiger charge is 2.24. The van der Waals surface area contributed by atoms with Crippen LogP contribution in [0.3, 0.4) is 0 Å². The molecule has 0 saturated heterocycles. The lowest BCUT2D eigenvalue weighted by Crippen LogP contribution is -2.47. The van der Waals surface area contributed by atoms with Gasteiger partial charge in [-0.05, 0) is 77.4 Å². The number of hydrogen-bond donors (Lipinski definition) is 8. The van der Waals surface area contributed by atoms with E-state index in [1.807, 2.05) is 0 Å². The third-order valence-electron chi connectivity index (χ3n) is 14.9. The Morgan fingerprint density at radius 1 is 0.349 bits per heavy atom. The van der Waals surface area contributed by atoms with Crippen molar-refractivity contribution in [1.82, 2.24) is 66.6 Å². The minimum absolute atomic E-state index is 0.719. The molecule has 0 radical (unpaired) electrons. The van der Waals surface area contributed by atoms with E-state index in [-0.39, 0.29) is 0 Å². The molecule has 4 rings (SSSR count). The van der Waals surface area contributed by atoms with Gasteiger partial charge >= 0.3 is 0 Å². The van der Waals surface area contributed by atoms with Gasteiger partial charge in [0.05, 0.1) is 0 Å². The second-order valence-corrected chi connectivity index (χ2v) is 19.5. The molecule has 4 saturated carbocycles. The van der Waals surface area contributed by atoms with Crippen LogP contribution in [0.25, 0.3) is 0 Å². The van der Waals surface area contributed by atoms with Crippen LogP contribution in [0.4, 0.5) is 0 Å². The molecule has 4 aliphatic carbocycles. The second-order valence-electron chi connectivity index (χ2n) is 19.5. The molecule has 372 valence electrons. The monoisotopic (exact) mass is 891 g/mol. The minimum atomic E-state index is 0.719. The second kappa shape index (κ2) is 36.5. The fourth-order valence-electron chi connectivity index (χ4n) is 9.25. The first-order valence-corrected chi connectivity index (χ1v) is 27.2. The highest BCUT2D eigenvalue weighted by atomic mass is 15.2. The summed E-state index contributed by atoms with van der Waals surface area (Å²) < 4.78 is 0. The van der Waals surface area contributed by atoms with Gasteiger partial charge < -0.3 is 52.8 Å². The zero-order valence-electron chi connectivity index (χ0n) is 41.8. The van der Waals surface area contributed by atoms with E-state index in [0.29, 0.717) is 0 Å². The largest absolute Gasteiger partial charge is 0.329 e. The van der Waals surface area contributed by atoms with Crippen LogP contribution >= 0.6 is 0 Å². The summed E-state index contributed by atoms with van der Waals surface area (Å²) in [4.78, 5) is 16.0. The minimum Gasteiger partial charge on any atom is -0.329 e. The van der Waals surface area contributed by atoms with Gasteiger partial charge in [0.1, 0.15) is 0 Å². The summed E-state index contributed by atoms with van der Waals surface area (Å²) in [7, 11) is 0. The molecule has 0 aromatic rings. The molecule has 0 aliphatic heterocycles. The topological polar surface area (TPSA) is 130 Å². The predicted octanol–water partition coefficient (Wildman–Crippen LogP) is 1.54. The normalized spacial score (nSPS) is 17.8. The number of nitrogens with zero attached hydrogens (tertiary/aromatic N) is 6. The lowest BCUT2D eigenvalue weighted by molar-refractivity contribution is 0.128. The van der Waals surface area contributed by atoms with E-state index in [1.165, 1.54) is 90.0 Å². The van der Waals surface area contributed by atoms with Crippen molar-refractivity contribution in [3.8, 4) is 0 Å². The third kappa shape index (κ3) is 25.4. The van der Waals surface area contributed by atoms with Crippen LogP contribution in [0.1, 0.15) is 104 Å². The first-order valence-electron chi connectivity index (χ1n) is 27.2. The van der Waals surface area contributed by atoms with Crippen LogP contribution in [-0.2, 0) is 0 Å². The van der Waals surface area contributed by atoms with E-state index in [2.05, 4.69) is 87.4 Å². The molecule has 9 N–H and O–H groups in total. The van der Waals surface area contributed by atoms with Crippen molar-refractivity contribution in [2.75, 3.05) is 190 Å². The molecule has 63 heavy (non-hydrogen) atoms. The van der Waals surface area contributed by atoms with Crippen molar-refractivity contribution in [2.45, 2.75) is 128 Å². The Labute approximate surface area is 389 Å². The summed E-state index contributed by atoms with van der Waals surface area (Å²) in [6.07, 6.45) is 17.7. The number of likely N-dealkylation sites (N-methyl/N-ethyl adjacent to an activating group) is 2. The smallest absolute Gasteiger partial charge is 0.0110 e. The molecule has 4 fully saturated rings. The van der Waals surface area contributed by atoms with Crippen LogP contribution in [0, 0.1) is 0 Å². The lowest BCUT2D eigenvalue weighted by atomic mass is 9.91. The Morgan fingerprint density at radius 2 is 0.698 bits per heavy atom. The maximum absolute atomic E-state index is 6.19. The van der Waals surface area contributed by atoms with Crippen molar-refractivity contribution in [3.05, 3.63) is 0 Å². The van der Waals surface area contributed by atoms with E-state index < -0.39 is 0 Å². The summed E-state index contributed by atoms with van der Waals surface area (Å²) in [6, 6.07) is 3.10. The number of nitrogens with two attached hydrogens (primary N) is 1. The van der Waals surface area contributed by atoms with Crippen molar-refractivity contribution in [3.63, 3.8) is 0 Å². The molecular formula is C49H106N14. The van der Waals surface area contributed by atoms with Crippen molar-refractivity contribution in [1.29, 1.82) is 0 Å². The van der Waals surface area contributed by atoms with Gasteiger partial charge in [-0.1, -0.05) is 46.5 Å².